The number of amides is 1. The summed E-state index contributed by atoms with van der Waals surface area (Å²) in [6.07, 6.45) is 3.08. The third kappa shape index (κ3) is 2.82. The number of aliphatic hydroxyl groups is 1. The first kappa shape index (κ1) is 11.2. The molecule has 1 atom stereocenters. The van der Waals surface area contributed by atoms with E-state index in [-0.39, 0.29) is 18.6 Å². The van der Waals surface area contributed by atoms with Crippen molar-refractivity contribution < 1.29 is 14.6 Å². The second kappa shape index (κ2) is 5.78. The van der Waals surface area contributed by atoms with Crippen molar-refractivity contribution in [1.82, 2.24) is 4.90 Å². The van der Waals surface area contributed by atoms with Crippen molar-refractivity contribution >= 4 is 5.91 Å². The molecule has 0 aromatic heterocycles. The first-order valence-corrected chi connectivity index (χ1v) is 4.91. The minimum atomic E-state index is -0.304. The molecule has 1 aliphatic rings. The topological polar surface area (TPSA) is 49.8 Å². The molecule has 1 aliphatic heterocycles. The second-order valence-electron chi connectivity index (χ2n) is 3.30. The predicted molar refractivity (Wildman–Crippen MR) is 52.8 cm³/mol. The first-order chi connectivity index (χ1) is 6.79. The Morgan fingerprint density at radius 2 is 2.50 bits per heavy atom. The van der Waals surface area contributed by atoms with Crippen LogP contribution in [0.3, 0.4) is 0 Å². The lowest BCUT2D eigenvalue weighted by Gasteiger charge is -2.22. The summed E-state index contributed by atoms with van der Waals surface area (Å²) >= 11 is 0. The van der Waals surface area contributed by atoms with E-state index in [0.717, 1.165) is 12.8 Å². The smallest absolute Gasteiger partial charge is 0.252 e. The van der Waals surface area contributed by atoms with E-state index in [1.807, 2.05) is 0 Å². The molecule has 80 valence electrons. The maximum Gasteiger partial charge on any atom is 0.252 e. The van der Waals surface area contributed by atoms with Gasteiger partial charge in [-0.3, -0.25) is 4.79 Å². The number of aliphatic hydroxyl groups excluding tert-OH is 1. The molecule has 0 saturated carbocycles. The van der Waals surface area contributed by atoms with Gasteiger partial charge in [0.15, 0.2) is 0 Å². The van der Waals surface area contributed by atoms with Crippen LogP contribution in [-0.2, 0) is 9.53 Å². The molecule has 0 aliphatic carbocycles. The molecule has 1 amide bonds. The van der Waals surface area contributed by atoms with Gasteiger partial charge in [0.25, 0.3) is 5.91 Å². The fraction of sp³-hybridized carbons (Fsp3) is 0.700. The van der Waals surface area contributed by atoms with Gasteiger partial charge in [-0.25, -0.2) is 0 Å². The third-order valence-electron chi connectivity index (χ3n) is 2.24. The summed E-state index contributed by atoms with van der Waals surface area (Å²) in [5, 5.41) is 8.79. The quantitative estimate of drug-likeness (QED) is 0.642. The Bertz CT molecular complexity index is 200. The van der Waals surface area contributed by atoms with Gasteiger partial charge >= 0.3 is 0 Å². The van der Waals surface area contributed by atoms with Crippen LogP contribution in [0.1, 0.15) is 12.8 Å². The molecule has 1 rings (SSSR count). The molecule has 0 aromatic rings. The Morgan fingerprint density at radius 1 is 1.71 bits per heavy atom. The molecule has 0 spiro atoms. The fourth-order valence-corrected chi connectivity index (χ4v) is 1.54. The second-order valence-corrected chi connectivity index (χ2v) is 3.30. The Kier molecular flexibility index (Phi) is 4.62. The highest BCUT2D eigenvalue weighted by molar-refractivity contribution is 5.81. The van der Waals surface area contributed by atoms with Gasteiger partial charge in [0.2, 0.25) is 0 Å². The van der Waals surface area contributed by atoms with Crippen LogP contribution in [0.5, 0.6) is 0 Å². The van der Waals surface area contributed by atoms with Crippen LogP contribution in [0.25, 0.3) is 0 Å². The highest BCUT2D eigenvalue weighted by Gasteiger charge is 2.27. The van der Waals surface area contributed by atoms with Crippen LogP contribution in [0, 0.1) is 0 Å². The first-order valence-electron chi connectivity index (χ1n) is 4.91. The van der Waals surface area contributed by atoms with Gasteiger partial charge in [0.1, 0.15) is 6.10 Å². The largest absolute Gasteiger partial charge is 0.395 e. The molecule has 4 heteroatoms. The van der Waals surface area contributed by atoms with E-state index in [4.69, 9.17) is 9.84 Å². The lowest BCUT2D eigenvalue weighted by molar-refractivity contribution is -0.140. The van der Waals surface area contributed by atoms with Gasteiger partial charge in [-0.2, -0.15) is 0 Å². The Labute approximate surface area is 84.2 Å². The van der Waals surface area contributed by atoms with Crippen molar-refractivity contribution in [2.45, 2.75) is 18.9 Å². The van der Waals surface area contributed by atoms with Gasteiger partial charge < -0.3 is 14.7 Å². The molecule has 4 nitrogen and oxygen atoms in total. The molecule has 14 heavy (non-hydrogen) atoms. The molecular formula is C10H17NO3. The van der Waals surface area contributed by atoms with E-state index >= 15 is 0 Å². The van der Waals surface area contributed by atoms with Gasteiger partial charge in [-0.15, -0.1) is 6.58 Å². The van der Waals surface area contributed by atoms with E-state index in [9.17, 15) is 4.79 Å². The van der Waals surface area contributed by atoms with Crippen molar-refractivity contribution in [3.8, 4) is 0 Å². The number of rotatable bonds is 5. The van der Waals surface area contributed by atoms with Crippen molar-refractivity contribution in [3.63, 3.8) is 0 Å². The highest BCUT2D eigenvalue weighted by Crippen LogP contribution is 2.14. The third-order valence-corrected chi connectivity index (χ3v) is 2.24. The summed E-state index contributed by atoms with van der Waals surface area (Å²) < 4.78 is 5.28. The Hall–Kier alpha value is -0.870. The molecule has 0 unspecified atom stereocenters. The van der Waals surface area contributed by atoms with Crippen molar-refractivity contribution in [2.75, 3.05) is 26.3 Å². The summed E-state index contributed by atoms with van der Waals surface area (Å²) in [4.78, 5) is 13.3. The average Bonchev–Trinajstić information content (AvgIpc) is 2.69. The number of nitrogens with zero attached hydrogens (tertiary/aromatic N) is 1. The highest BCUT2D eigenvalue weighted by atomic mass is 16.5. The van der Waals surface area contributed by atoms with E-state index in [2.05, 4.69) is 6.58 Å². The summed E-state index contributed by atoms with van der Waals surface area (Å²) in [6, 6.07) is 0. The normalized spacial score (nSPS) is 20.8. The van der Waals surface area contributed by atoms with Crippen LogP contribution >= 0.6 is 0 Å². The molecule has 1 fully saturated rings. The van der Waals surface area contributed by atoms with Crippen LogP contribution in [0.4, 0.5) is 0 Å². The minimum Gasteiger partial charge on any atom is -0.395 e. The van der Waals surface area contributed by atoms with Crippen LogP contribution in [-0.4, -0.2) is 48.3 Å². The molecule has 0 aromatic carbocycles. The zero-order valence-corrected chi connectivity index (χ0v) is 8.32. The lowest BCUT2D eigenvalue weighted by Crippen LogP contribution is -2.40. The average molecular weight is 199 g/mol. The maximum absolute atomic E-state index is 11.8. The van der Waals surface area contributed by atoms with E-state index in [1.54, 1.807) is 11.0 Å². The molecule has 1 saturated heterocycles. The van der Waals surface area contributed by atoms with Crippen LogP contribution in [0.15, 0.2) is 12.7 Å². The van der Waals surface area contributed by atoms with E-state index < -0.39 is 0 Å². The summed E-state index contributed by atoms with van der Waals surface area (Å²) in [7, 11) is 0. The monoisotopic (exact) mass is 199 g/mol. The number of carbonyl (C=O) groups is 1. The number of hydrogen-bond donors (Lipinski definition) is 1. The molecule has 0 bridgehead atoms. The SMILES string of the molecule is C=CCN(CCO)C(=O)[C@H]1CCCO1. The zero-order chi connectivity index (χ0) is 10.4. The number of carbonyl (C=O) groups excluding carboxylic acids is 1. The number of ether oxygens (including phenoxy) is 1. The van der Waals surface area contributed by atoms with Gasteiger partial charge in [0, 0.05) is 19.7 Å². The molecule has 0 radical (unpaired) electrons. The van der Waals surface area contributed by atoms with Crippen LogP contribution < -0.4 is 0 Å². The molecule has 1 N–H and O–H groups in total. The summed E-state index contributed by atoms with van der Waals surface area (Å²) in [6.45, 7) is 5.04. The summed E-state index contributed by atoms with van der Waals surface area (Å²) in [5.74, 6) is -0.0311. The predicted octanol–water partition coefficient (Wildman–Crippen LogP) is 0.172. The Morgan fingerprint density at radius 3 is 3.00 bits per heavy atom. The van der Waals surface area contributed by atoms with Gasteiger partial charge in [-0.05, 0) is 12.8 Å². The maximum atomic E-state index is 11.8. The van der Waals surface area contributed by atoms with Crippen molar-refractivity contribution in [1.29, 1.82) is 0 Å². The fourth-order valence-electron chi connectivity index (χ4n) is 1.54. The van der Waals surface area contributed by atoms with Crippen molar-refractivity contribution in [3.05, 3.63) is 12.7 Å². The Balaban J connectivity index is 2.47. The minimum absolute atomic E-state index is 0.0215. The molecular weight excluding hydrogens is 182 g/mol. The van der Waals surface area contributed by atoms with E-state index in [0.29, 0.717) is 19.7 Å². The zero-order valence-electron chi connectivity index (χ0n) is 8.32. The van der Waals surface area contributed by atoms with E-state index in [1.165, 1.54) is 0 Å². The lowest BCUT2D eigenvalue weighted by atomic mass is 10.2. The van der Waals surface area contributed by atoms with Gasteiger partial charge in [-0.1, -0.05) is 6.08 Å². The van der Waals surface area contributed by atoms with Crippen LogP contribution in [0.2, 0.25) is 0 Å². The van der Waals surface area contributed by atoms with Crippen molar-refractivity contribution in [2.24, 2.45) is 0 Å². The van der Waals surface area contributed by atoms with Gasteiger partial charge in [0.05, 0.1) is 6.61 Å². The molecule has 1 heterocycles. The summed E-state index contributed by atoms with van der Waals surface area (Å²) in [5.41, 5.74) is 0. The standard InChI is InChI=1S/C10H17NO3/c1-2-5-11(6-7-12)10(13)9-4-3-8-14-9/h2,9,12H,1,3-8H2/t9-/m1/s1. The number of hydrogen-bond acceptors (Lipinski definition) is 3.